The molecule has 1 aromatic rings. The molecule has 0 aliphatic carbocycles. The Morgan fingerprint density at radius 3 is 2.53 bits per heavy atom. The Kier molecular flexibility index (Phi) is 4.21. The first-order valence-corrected chi connectivity index (χ1v) is 4.74. The van der Waals surface area contributed by atoms with E-state index in [9.17, 15) is 10.1 Å². The van der Waals surface area contributed by atoms with E-state index in [1.807, 2.05) is 0 Å². The highest BCUT2D eigenvalue weighted by Crippen LogP contribution is 2.36. The molecule has 0 aliphatic heterocycles. The van der Waals surface area contributed by atoms with Gasteiger partial charge in [-0.25, -0.2) is 0 Å². The van der Waals surface area contributed by atoms with Gasteiger partial charge in [0.25, 0.3) is 5.69 Å². The smallest absolute Gasteiger partial charge is 0.278 e. The average Bonchev–Trinajstić information content (AvgIpc) is 2.35. The predicted octanol–water partition coefficient (Wildman–Crippen LogP) is 0.380. The highest BCUT2D eigenvalue weighted by atomic mass is 16.6. The minimum atomic E-state index is -0.537. The van der Waals surface area contributed by atoms with Crippen molar-refractivity contribution in [2.24, 2.45) is 11.7 Å². The van der Waals surface area contributed by atoms with Crippen molar-refractivity contribution in [1.82, 2.24) is 5.43 Å². The van der Waals surface area contributed by atoms with Crippen LogP contribution in [-0.2, 0) is 0 Å². The first-order valence-electron chi connectivity index (χ1n) is 4.74. The summed E-state index contributed by atoms with van der Waals surface area (Å²) in [6.07, 6.45) is 0. The number of nitrogens with one attached hydrogen (secondary N) is 1. The fourth-order valence-corrected chi connectivity index (χ4v) is 1.41. The number of nitro benzene ring substituents is 1. The Hall–Kier alpha value is -1.90. The third-order valence-corrected chi connectivity index (χ3v) is 2.35. The molecule has 1 unspecified atom stereocenters. The molecule has 1 aromatic carbocycles. The normalized spacial score (nSPS) is 12.0. The fourth-order valence-electron chi connectivity index (χ4n) is 1.41. The van der Waals surface area contributed by atoms with Crippen LogP contribution >= 0.6 is 0 Å². The zero-order valence-electron chi connectivity index (χ0n) is 9.47. The molecular formula is C9H14N4O4. The van der Waals surface area contributed by atoms with Crippen LogP contribution in [0.5, 0.6) is 11.5 Å². The molecule has 0 amide bonds. The van der Waals surface area contributed by atoms with Crippen molar-refractivity contribution in [3.05, 3.63) is 27.8 Å². The van der Waals surface area contributed by atoms with Crippen molar-refractivity contribution < 1.29 is 14.5 Å². The van der Waals surface area contributed by atoms with E-state index in [1.54, 1.807) is 6.92 Å². The predicted molar refractivity (Wildman–Crippen MR) is 60.2 cm³/mol. The van der Waals surface area contributed by atoms with E-state index < -0.39 is 11.0 Å². The Balaban J connectivity index is 3.40. The minimum Gasteiger partial charge on any atom is -0.493 e. The second kappa shape index (κ2) is 5.43. The molecule has 1 rings (SSSR count). The van der Waals surface area contributed by atoms with Crippen molar-refractivity contribution >= 4 is 5.69 Å². The summed E-state index contributed by atoms with van der Waals surface area (Å²) in [5.74, 6) is 10.7. The van der Waals surface area contributed by atoms with Crippen LogP contribution in [0.2, 0.25) is 0 Å². The van der Waals surface area contributed by atoms with E-state index in [1.165, 1.54) is 19.2 Å². The number of nitrogens with two attached hydrogens (primary N) is 2. The number of hydrogen-bond acceptors (Lipinski definition) is 7. The molecule has 8 nitrogen and oxygen atoms in total. The van der Waals surface area contributed by atoms with Gasteiger partial charge < -0.3 is 9.57 Å². The van der Waals surface area contributed by atoms with Crippen molar-refractivity contribution in [2.45, 2.75) is 13.0 Å². The number of ether oxygens (including phenoxy) is 1. The number of hydrogen-bond donors (Lipinski definition) is 3. The lowest BCUT2D eigenvalue weighted by Gasteiger charge is -2.14. The third-order valence-electron chi connectivity index (χ3n) is 2.35. The van der Waals surface area contributed by atoms with Gasteiger partial charge in [0.2, 0.25) is 0 Å². The van der Waals surface area contributed by atoms with Crippen LogP contribution in [0.1, 0.15) is 18.5 Å². The van der Waals surface area contributed by atoms with Crippen molar-refractivity contribution in [3.8, 4) is 11.5 Å². The van der Waals surface area contributed by atoms with Crippen LogP contribution in [0.25, 0.3) is 0 Å². The monoisotopic (exact) mass is 242 g/mol. The number of hydrazine groups is 1. The van der Waals surface area contributed by atoms with Crippen LogP contribution < -0.4 is 26.7 Å². The highest BCUT2D eigenvalue weighted by molar-refractivity contribution is 5.55. The summed E-state index contributed by atoms with van der Waals surface area (Å²) in [7, 11) is 1.41. The summed E-state index contributed by atoms with van der Waals surface area (Å²) in [4.78, 5) is 14.9. The molecule has 0 fully saturated rings. The molecule has 0 aromatic heterocycles. The summed E-state index contributed by atoms with van der Waals surface area (Å²) in [5, 5.41) is 10.9. The zero-order valence-corrected chi connectivity index (χ0v) is 9.47. The van der Waals surface area contributed by atoms with E-state index in [-0.39, 0.29) is 11.4 Å². The SMILES string of the molecule is COc1cc(C(C)NN)c([N+](=O)[O-])cc1ON. The van der Waals surface area contributed by atoms with Gasteiger partial charge in [-0.05, 0) is 13.0 Å². The number of benzene rings is 1. The molecule has 0 spiro atoms. The van der Waals surface area contributed by atoms with Crippen LogP contribution in [0.3, 0.4) is 0 Å². The number of nitro groups is 1. The maximum atomic E-state index is 10.9. The molecule has 94 valence electrons. The molecule has 0 bridgehead atoms. The highest BCUT2D eigenvalue weighted by Gasteiger charge is 2.22. The summed E-state index contributed by atoms with van der Waals surface area (Å²) in [5.41, 5.74) is 2.68. The third kappa shape index (κ3) is 2.61. The quantitative estimate of drug-likeness (QED) is 0.387. The minimum absolute atomic E-state index is 0.0900. The Morgan fingerprint density at radius 1 is 1.47 bits per heavy atom. The topological polar surface area (TPSA) is 126 Å². The average molecular weight is 242 g/mol. The molecule has 0 saturated heterocycles. The lowest BCUT2D eigenvalue weighted by Crippen LogP contribution is -2.26. The molecule has 1 atom stereocenters. The molecule has 5 N–H and O–H groups in total. The summed E-state index contributed by atoms with van der Waals surface area (Å²) in [6, 6.07) is 2.25. The molecule has 0 aliphatic rings. The van der Waals surface area contributed by atoms with Crippen molar-refractivity contribution in [1.29, 1.82) is 0 Å². The van der Waals surface area contributed by atoms with Crippen LogP contribution in [0.4, 0.5) is 5.69 Å². The van der Waals surface area contributed by atoms with Crippen LogP contribution in [0, 0.1) is 10.1 Å². The second-order valence-electron chi connectivity index (χ2n) is 3.33. The maximum absolute atomic E-state index is 10.9. The first-order chi connectivity index (χ1) is 8.04. The van der Waals surface area contributed by atoms with Gasteiger partial charge in [0.15, 0.2) is 11.5 Å². The molecule has 0 heterocycles. The van der Waals surface area contributed by atoms with Gasteiger partial charge in [0.05, 0.1) is 29.7 Å². The van der Waals surface area contributed by atoms with Crippen LogP contribution in [-0.4, -0.2) is 12.0 Å². The van der Waals surface area contributed by atoms with Gasteiger partial charge in [0.1, 0.15) is 0 Å². The number of rotatable bonds is 5. The van der Waals surface area contributed by atoms with Gasteiger partial charge in [-0.15, -0.1) is 0 Å². The van der Waals surface area contributed by atoms with Gasteiger partial charge in [-0.2, -0.15) is 5.90 Å². The molecular weight excluding hydrogens is 228 g/mol. The number of methoxy groups -OCH3 is 1. The van der Waals surface area contributed by atoms with E-state index in [2.05, 4.69) is 10.3 Å². The second-order valence-corrected chi connectivity index (χ2v) is 3.33. The molecule has 17 heavy (non-hydrogen) atoms. The fraction of sp³-hybridized carbons (Fsp3) is 0.333. The Bertz CT molecular complexity index is 424. The van der Waals surface area contributed by atoms with Crippen molar-refractivity contribution in [2.75, 3.05) is 7.11 Å². The maximum Gasteiger partial charge on any atom is 0.278 e. The number of nitrogens with zero attached hydrogens (tertiary/aromatic N) is 1. The van der Waals surface area contributed by atoms with Gasteiger partial charge in [0, 0.05) is 0 Å². The van der Waals surface area contributed by atoms with Gasteiger partial charge in [-0.1, -0.05) is 0 Å². The summed E-state index contributed by atoms with van der Waals surface area (Å²) in [6.45, 7) is 1.69. The van der Waals surface area contributed by atoms with Crippen LogP contribution in [0.15, 0.2) is 12.1 Å². The Labute approximate surface area is 97.6 Å². The Morgan fingerprint density at radius 2 is 2.12 bits per heavy atom. The van der Waals surface area contributed by atoms with Crippen molar-refractivity contribution in [3.63, 3.8) is 0 Å². The summed E-state index contributed by atoms with van der Waals surface area (Å²) < 4.78 is 5.01. The van der Waals surface area contributed by atoms with E-state index in [0.717, 1.165) is 0 Å². The molecule has 0 radical (unpaired) electrons. The standard InChI is InChI=1S/C9H14N4O4/c1-5(12-10)6-3-8(16-2)9(17-11)4-7(6)13(14)15/h3-5,12H,10-11H2,1-2H3. The molecule has 8 heteroatoms. The van der Waals surface area contributed by atoms with Gasteiger partial charge in [-0.3, -0.25) is 21.4 Å². The lowest BCUT2D eigenvalue weighted by atomic mass is 10.1. The largest absolute Gasteiger partial charge is 0.493 e. The lowest BCUT2D eigenvalue weighted by molar-refractivity contribution is -0.385. The zero-order chi connectivity index (χ0) is 13.0. The van der Waals surface area contributed by atoms with E-state index in [4.69, 9.17) is 16.5 Å². The van der Waals surface area contributed by atoms with E-state index >= 15 is 0 Å². The summed E-state index contributed by atoms with van der Waals surface area (Å²) >= 11 is 0. The van der Waals surface area contributed by atoms with E-state index in [0.29, 0.717) is 11.3 Å². The molecule has 0 saturated carbocycles. The first kappa shape index (κ1) is 13.2. The van der Waals surface area contributed by atoms with Gasteiger partial charge >= 0.3 is 0 Å².